The Hall–Kier alpha value is -0.350. The first kappa shape index (κ1) is 17.6. The highest BCUT2D eigenvalue weighted by molar-refractivity contribution is 5.85. The van der Waals surface area contributed by atoms with Gasteiger partial charge in [0.15, 0.2) is 0 Å². The minimum Gasteiger partial charge on any atom is -0.314 e. The van der Waals surface area contributed by atoms with Crippen molar-refractivity contribution in [3.63, 3.8) is 0 Å². The number of hydrogen-bond acceptors (Lipinski definition) is 2. The summed E-state index contributed by atoms with van der Waals surface area (Å²) in [4.78, 5) is 2.49. The summed E-state index contributed by atoms with van der Waals surface area (Å²) in [5.41, 5.74) is 1.23. The summed E-state index contributed by atoms with van der Waals surface area (Å²) in [5.74, 6) is -0.147. The van der Waals surface area contributed by atoms with Crippen molar-refractivity contribution in [2.75, 3.05) is 32.7 Å². The van der Waals surface area contributed by atoms with Crippen LogP contribution in [0.5, 0.6) is 0 Å². The molecule has 1 aromatic carbocycles. The SMILES string of the molecule is Cl.Cl.Fc1ccc(CCCN2CCNCC2)cc1. The summed E-state index contributed by atoms with van der Waals surface area (Å²) in [5, 5.41) is 3.35. The third-order valence-electron chi connectivity index (χ3n) is 3.06. The van der Waals surface area contributed by atoms with Crippen LogP contribution < -0.4 is 5.32 Å². The van der Waals surface area contributed by atoms with E-state index < -0.39 is 0 Å². The third kappa shape index (κ3) is 6.01. The van der Waals surface area contributed by atoms with Crippen molar-refractivity contribution in [2.24, 2.45) is 0 Å². The van der Waals surface area contributed by atoms with Gasteiger partial charge in [0.1, 0.15) is 5.82 Å². The summed E-state index contributed by atoms with van der Waals surface area (Å²) in [6, 6.07) is 6.85. The average Bonchev–Trinajstić information content (AvgIpc) is 2.33. The largest absolute Gasteiger partial charge is 0.314 e. The minimum atomic E-state index is -0.147. The number of nitrogens with zero attached hydrogens (tertiary/aromatic N) is 1. The van der Waals surface area contributed by atoms with E-state index in [-0.39, 0.29) is 30.6 Å². The Morgan fingerprint density at radius 3 is 2.28 bits per heavy atom. The lowest BCUT2D eigenvalue weighted by Gasteiger charge is -2.27. The first-order valence-electron chi connectivity index (χ1n) is 6.02. The minimum absolute atomic E-state index is 0. The van der Waals surface area contributed by atoms with Gasteiger partial charge in [0, 0.05) is 26.2 Å². The van der Waals surface area contributed by atoms with Gasteiger partial charge in [-0.15, -0.1) is 24.8 Å². The molecular weight excluding hydrogens is 274 g/mol. The van der Waals surface area contributed by atoms with E-state index in [1.807, 2.05) is 12.1 Å². The molecule has 0 atom stereocenters. The highest BCUT2D eigenvalue weighted by Crippen LogP contribution is 2.06. The van der Waals surface area contributed by atoms with Crippen LogP contribution in [0.4, 0.5) is 4.39 Å². The Morgan fingerprint density at radius 1 is 1.06 bits per heavy atom. The van der Waals surface area contributed by atoms with E-state index in [4.69, 9.17) is 0 Å². The quantitative estimate of drug-likeness (QED) is 0.918. The monoisotopic (exact) mass is 294 g/mol. The number of hydrogen-bond donors (Lipinski definition) is 1. The van der Waals surface area contributed by atoms with Crippen LogP contribution in [0, 0.1) is 5.82 Å². The molecule has 104 valence electrons. The van der Waals surface area contributed by atoms with Gasteiger partial charge in [0.2, 0.25) is 0 Å². The molecule has 1 aromatic rings. The second-order valence-electron chi connectivity index (χ2n) is 4.32. The molecule has 1 saturated heterocycles. The fourth-order valence-electron chi connectivity index (χ4n) is 2.09. The van der Waals surface area contributed by atoms with Gasteiger partial charge in [-0.2, -0.15) is 0 Å². The van der Waals surface area contributed by atoms with E-state index >= 15 is 0 Å². The van der Waals surface area contributed by atoms with E-state index in [0.29, 0.717) is 0 Å². The highest BCUT2D eigenvalue weighted by atomic mass is 35.5. The van der Waals surface area contributed by atoms with Gasteiger partial charge < -0.3 is 10.2 Å². The van der Waals surface area contributed by atoms with Crippen LogP contribution in [0.3, 0.4) is 0 Å². The zero-order chi connectivity index (χ0) is 11.2. The van der Waals surface area contributed by atoms with Gasteiger partial charge in [-0.05, 0) is 37.1 Å². The Kier molecular flexibility index (Phi) is 9.38. The van der Waals surface area contributed by atoms with Gasteiger partial charge in [-0.1, -0.05) is 12.1 Å². The van der Waals surface area contributed by atoms with Crippen molar-refractivity contribution in [3.8, 4) is 0 Å². The summed E-state index contributed by atoms with van der Waals surface area (Å²) < 4.78 is 12.7. The predicted molar refractivity (Wildman–Crippen MR) is 78.5 cm³/mol. The van der Waals surface area contributed by atoms with Crippen LogP contribution in [0.2, 0.25) is 0 Å². The molecule has 0 amide bonds. The first-order valence-corrected chi connectivity index (χ1v) is 6.02. The molecule has 0 spiro atoms. The fourth-order valence-corrected chi connectivity index (χ4v) is 2.09. The molecule has 1 aliphatic heterocycles. The average molecular weight is 295 g/mol. The van der Waals surface area contributed by atoms with Gasteiger partial charge in [0.25, 0.3) is 0 Å². The summed E-state index contributed by atoms with van der Waals surface area (Å²) in [7, 11) is 0. The predicted octanol–water partition coefficient (Wildman–Crippen LogP) is 2.51. The van der Waals surface area contributed by atoms with Crippen LogP contribution in [-0.2, 0) is 6.42 Å². The second-order valence-corrected chi connectivity index (χ2v) is 4.32. The normalized spacial score (nSPS) is 15.6. The third-order valence-corrected chi connectivity index (χ3v) is 3.06. The molecule has 0 saturated carbocycles. The lowest BCUT2D eigenvalue weighted by molar-refractivity contribution is 0.238. The number of aryl methyl sites for hydroxylation is 1. The topological polar surface area (TPSA) is 15.3 Å². The Bertz CT molecular complexity index is 313. The van der Waals surface area contributed by atoms with E-state index in [9.17, 15) is 4.39 Å². The zero-order valence-corrected chi connectivity index (χ0v) is 12.0. The molecule has 0 bridgehead atoms. The van der Waals surface area contributed by atoms with Crippen LogP contribution in [-0.4, -0.2) is 37.6 Å². The molecule has 1 N–H and O–H groups in total. The molecular formula is C13H21Cl2FN2. The van der Waals surface area contributed by atoms with Crippen LogP contribution in [0.1, 0.15) is 12.0 Å². The van der Waals surface area contributed by atoms with Gasteiger partial charge in [-0.3, -0.25) is 0 Å². The molecule has 0 aromatic heterocycles. The molecule has 0 radical (unpaired) electrons. The lowest BCUT2D eigenvalue weighted by Crippen LogP contribution is -2.43. The summed E-state index contributed by atoms with van der Waals surface area (Å²) >= 11 is 0. The molecule has 0 aliphatic carbocycles. The molecule has 1 heterocycles. The molecule has 0 unspecified atom stereocenters. The fraction of sp³-hybridized carbons (Fsp3) is 0.538. The van der Waals surface area contributed by atoms with Crippen LogP contribution in [0.25, 0.3) is 0 Å². The Balaban J connectivity index is 0.00000144. The molecule has 5 heteroatoms. The smallest absolute Gasteiger partial charge is 0.123 e. The second kappa shape index (κ2) is 9.56. The van der Waals surface area contributed by atoms with E-state index in [2.05, 4.69) is 10.2 Å². The number of piperazine rings is 1. The number of nitrogens with one attached hydrogen (secondary N) is 1. The van der Waals surface area contributed by atoms with Crippen LogP contribution in [0.15, 0.2) is 24.3 Å². The highest BCUT2D eigenvalue weighted by Gasteiger charge is 2.08. The number of halogens is 3. The summed E-state index contributed by atoms with van der Waals surface area (Å²) in [6.45, 7) is 5.68. The van der Waals surface area contributed by atoms with E-state index in [1.54, 1.807) is 12.1 Å². The Labute approximate surface area is 121 Å². The maximum atomic E-state index is 12.7. The first-order chi connectivity index (χ1) is 7.84. The van der Waals surface area contributed by atoms with Crippen molar-refractivity contribution in [3.05, 3.63) is 35.6 Å². The van der Waals surface area contributed by atoms with Crippen LogP contribution >= 0.6 is 24.8 Å². The van der Waals surface area contributed by atoms with Crippen molar-refractivity contribution in [2.45, 2.75) is 12.8 Å². The maximum absolute atomic E-state index is 12.7. The molecule has 18 heavy (non-hydrogen) atoms. The molecule has 1 fully saturated rings. The molecule has 2 nitrogen and oxygen atoms in total. The van der Waals surface area contributed by atoms with Crippen molar-refractivity contribution >= 4 is 24.8 Å². The van der Waals surface area contributed by atoms with Gasteiger partial charge >= 0.3 is 0 Å². The van der Waals surface area contributed by atoms with E-state index in [0.717, 1.165) is 45.6 Å². The van der Waals surface area contributed by atoms with Crippen molar-refractivity contribution in [1.29, 1.82) is 0 Å². The number of benzene rings is 1. The van der Waals surface area contributed by atoms with E-state index in [1.165, 1.54) is 5.56 Å². The summed E-state index contributed by atoms with van der Waals surface area (Å²) in [6.07, 6.45) is 2.20. The number of rotatable bonds is 4. The molecule has 1 aliphatic rings. The standard InChI is InChI=1S/C13H19FN2.2ClH/c14-13-5-3-12(4-6-13)2-1-9-16-10-7-15-8-11-16;;/h3-6,15H,1-2,7-11H2;2*1H. The van der Waals surface area contributed by atoms with Crippen molar-refractivity contribution < 1.29 is 4.39 Å². The van der Waals surface area contributed by atoms with Gasteiger partial charge in [-0.25, -0.2) is 4.39 Å². The Morgan fingerprint density at radius 2 is 1.67 bits per heavy atom. The molecule has 2 rings (SSSR count). The zero-order valence-electron chi connectivity index (χ0n) is 10.4. The van der Waals surface area contributed by atoms with Crippen molar-refractivity contribution in [1.82, 2.24) is 10.2 Å². The van der Waals surface area contributed by atoms with Gasteiger partial charge in [0.05, 0.1) is 0 Å². The lowest BCUT2D eigenvalue weighted by atomic mass is 10.1. The maximum Gasteiger partial charge on any atom is 0.123 e.